The number of benzene rings is 1. The Morgan fingerprint density at radius 2 is 2.11 bits per heavy atom. The Morgan fingerprint density at radius 3 is 2.72 bits per heavy atom. The van der Waals surface area contributed by atoms with Crippen molar-refractivity contribution < 1.29 is 23.1 Å². The third-order valence-electron chi connectivity index (χ3n) is 2.44. The monoisotopic (exact) mass is 258 g/mol. The lowest BCUT2D eigenvalue weighted by Gasteiger charge is -1.99. The first kappa shape index (κ1) is 12.4. The van der Waals surface area contributed by atoms with Gasteiger partial charge in [-0.3, -0.25) is 4.79 Å². The van der Waals surface area contributed by atoms with Crippen molar-refractivity contribution in [3.05, 3.63) is 29.6 Å². The molecular formula is C11H9F3N2O2. The average Bonchev–Trinajstić information content (AvgIpc) is 2.68. The number of hydrogen-bond acceptors (Lipinski definition) is 2. The van der Waals surface area contributed by atoms with Crippen LogP contribution in [0.2, 0.25) is 0 Å². The van der Waals surface area contributed by atoms with E-state index in [-0.39, 0.29) is 23.9 Å². The second-order valence-electron chi connectivity index (χ2n) is 3.83. The lowest BCUT2D eigenvalue weighted by molar-refractivity contribution is -0.144. The van der Waals surface area contributed by atoms with Gasteiger partial charge in [-0.2, -0.15) is 13.2 Å². The van der Waals surface area contributed by atoms with Crippen LogP contribution >= 0.6 is 0 Å². The molecule has 0 spiro atoms. The number of imidazole rings is 1. The van der Waals surface area contributed by atoms with Crippen molar-refractivity contribution in [2.45, 2.75) is 19.0 Å². The lowest BCUT2D eigenvalue weighted by Crippen LogP contribution is -2.06. The molecule has 1 heterocycles. The van der Waals surface area contributed by atoms with Crippen LogP contribution in [0.3, 0.4) is 0 Å². The molecule has 0 aliphatic heterocycles. The molecule has 1 aromatic carbocycles. The number of aromatic amines is 1. The summed E-state index contributed by atoms with van der Waals surface area (Å²) in [4.78, 5) is 16.0. The molecule has 0 unspecified atom stereocenters. The highest BCUT2D eigenvalue weighted by Gasteiger charge is 2.34. The number of halogens is 3. The molecule has 0 fully saturated rings. The van der Waals surface area contributed by atoms with E-state index in [1.807, 2.05) is 0 Å². The van der Waals surface area contributed by atoms with Crippen LogP contribution in [0.25, 0.3) is 11.0 Å². The van der Waals surface area contributed by atoms with Gasteiger partial charge in [-0.15, -0.1) is 0 Å². The van der Waals surface area contributed by atoms with Crippen LogP contribution in [0.5, 0.6) is 0 Å². The van der Waals surface area contributed by atoms with Crippen LogP contribution < -0.4 is 0 Å². The SMILES string of the molecule is O=C(O)CCc1ccc2nc(C(F)(F)F)[nH]c2c1. The van der Waals surface area contributed by atoms with Crippen molar-refractivity contribution in [1.29, 1.82) is 0 Å². The minimum Gasteiger partial charge on any atom is -0.481 e. The number of fused-ring (bicyclic) bond motifs is 1. The molecule has 0 bridgehead atoms. The van der Waals surface area contributed by atoms with Gasteiger partial charge < -0.3 is 10.1 Å². The van der Waals surface area contributed by atoms with Gasteiger partial charge in [0.05, 0.1) is 11.0 Å². The van der Waals surface area contributed by atoms with E-state index < -0.39 is 18.0 Å². The highest BCUT2D eigenvalue weighted by molar-refractivity contribution is 5.76. The Balaban J connectivity index is 2.31. The first-order valence-corrected chi connectivity index (χ1v) is 5.14. The van der Waals surface area contributed by atoms with Gasteiger partial charge in [0.25, 0.3) is 0 Å². The molecule has 0 atom stereocenters. The fraction of sp³-hybridized carbons (Fsp3) is 0.273. The van der Waals surface area contributed by atoms with E-state index in [0.717, 1.165) is 0 Å². The summed E-state index contributed by atoms with van der Waals surface area (Å²) in [5.74, 6) is -2.00. The zero-order valence-corrected chi connectivity index (χ0v) is 9.08. The highest BCUT2D eigenvalue weighted by Crippen LogP contribution is 2.28. The number of carboxylic acid groups (broad SMARTS) is 1. The van der Waals surface area contributed by atoms with Gasteiger partial charge in [-0.25, -0.2) is 4.98 Å². The van der Waals surface area contributed by atoms with Gasteiger partial charge in [-0.1, -0.05) is 6.07 Å². The van der Waals surface area contributed by atoms with Crippen molar-refractivity contribution >= 4 is 17.0 Å². The molecular weight excluding hydrogens is 249 g/mol. The van der Waals surface area contributed by atoms with E-state index in [2.05, 4.69) is 9.97 Å². The molecule has 2 rings (SSSR count). The predicted octanol–water partition coefficient (Wildman–Crippen LogP) is 2.60. The smallest absolute Gasteiger partial charge is 0.449 e. The fourth-order valence-corrected chi connectivity index (χ4v) is 1.60. The number of carboxylic acids is 1. The van der Waals surface area contributed by atoms with Crippen molar-refractivity contribution in [3.8, 4) is 0 Å². The number of rotatable bonds is 3. The molecule has 0 saturated carbocycles. The quantitative estimate of drug-likeness (QED) is 0.889. The molecule has 4 nitrogen and oxygen atoms in total. The molecule has 2 aromatic rings. The van der Waals surface area contributed by atoms with Gasteiger partial charge in [-0.05, 0) is 24.1 Å². The number of carbonyl (C=O) groups is 1. The standard InChI is InChI=1S/C11H9F3N2O2/c12-11(13,14)10-15-7-3-1-6(2-4-9(17)18)5-8(7)16-10/h1,3,5H,2,4H2,(H,15,16)(H,17,18). The minimum atomic E-state index is -4.51. The first-order valence-electron chi connectivity index (χ1n) is 5.14. The number of aliphatic carboxylic acids is 1. The van der Waals surface area contributed by atoms with Gasteiger partial charge in [0.1, 0.15) is 0 Å². The Bertz CT molecular complexity index is 589. The van der Waals surface area contributed by atoms with Crippen LogP contribution in [0.15, 0.2) is 18.2 Å². The normalized spacial score (nSPS) is 11.9. The Hall–Kier alpha value is -2.05. The molecule has 96 valence electrons. The van der Waals surface area contributed by atoms with E-state index >= 15 is 0 Å². The van der Waals surface area contributed by atoms with Crippen LogP contribution in [-0.4, -0.2) is 21.0 Å². The van der Waals surface area contributed by atoms with Gasteiger partial charge in [0.2, 0.25) is 5.82 Å². The minimum absolute atomic E-state index is 0.0637. The van der Waals surface area contributed by atoms with Crippen LogP contribution in [0.4, 0.5) is 13.2 Å². The summed E-state index contributed by atoms with van der Waals surface area (Å²) in [6.07, 6.45) is -4.31. The number of nitrogens with zero attached hydrogens (tertiary/aromatic N) is 1. The van der Waals surface area contributed by atoms with Gasteiger partial charge >= 0.3 is 12.1 Å². The van der Waals surface area contributed by atoms with E-state index in [1.165, 1.54) is 12.1 Å². The maximum absolute atomic E-state index is 12.4. The van der Waals surface area contributed by atoms with E-state index in [0.29, 0.717) is 5.56 Å². The topological polar surface area (TPSA) is 66.0 Å². The lowest BCUT2D eigenvalue weighted by atomic mass is 10.1. The second-order valence-corrected chi connectivity index (χ2v) is 3.83. The van der Waals surface area contributed by atoms with E-state index in [4.69, 9.17) is 5.11 Å². The Kier molecular flexibility index (Phi) is 2.98. The average molecular weight is 258 g/mol. The van der Waals surface area contributed by atoms with Crippen molar-refractivity contribution in [2.24, 2.45) is 0 Å². The number of hydrogen-bond donors (Lipinski definition) is 2. The number of aromatic nitrogens is 2. The zero-order valence-electron chi connectivity index (χ0n) is 9.08. The van der Waals surface area contributed by atoms with E-state index in [1.54, 1.807) is 6.07 Å². The summed E-state index contributed by atoms with van der Waals surface area (Å²) >= 11 is 0. The molecule has 0 amide bonds. The molecule has 1 aromatic heterocycles. The van der Waals surface area contributed by atoms with Crippen LogP contribution in [0.1, 0.15) is 17.8 Å². The molecule has 18 heavy (non-hydrogen) atoms. The molecule has 0 saturated heterocycles. The Morgan fingerprint density at radius 1 is 1.39 bits per heavy atom. The molecule has 0 aliphatic carbocycles. The van der Waals surface area contributed by atoms with Crippen molar-refractivity contribution in [3.63, 3.8) is 0 Å². The van der Waals surface area contributed by atoms with Crippen LogP contribution in [-0.2, 0) is 17.4 Å². The number of alkyl halides is 3. The highest BCUT2D eigenvalue weighted by atomic mass is 19.4. The molecule has 7 heteroatoms. The summed E-state index contributed by atoms with van der Waals surface area (Å²) < 4.78 is 37.2. The van der Waals surface area contributed by atoms with Crippen molar-refractivity contribution in [1.82, 2.24) is 9.97 Å². The zero-order chi connectivity index (χ0) is 13.3. The van der Waals surface area contributed by atoms with Gasteiger partial charge in [0.15, 0.2) is 0 Å². The van der Waals surface area contributed by atoms with Gasteiger partial charge in [0, 0.05) is 6.42 Å². The van der Waals surface area contributed by atoms with E-state index in [9.17, 15) is 18.0 Å². The second kappa shape index (κ2) is 4.32. The predicted molar refractivity (Wildman–Crippen MR) is 57.1 cm³/mol. The largest absolute Gasteiger partial charge is 0.481 e. The molecule has 2 N–H and O–H groups in total. The van der Waals surface area contributed by atoms with Crippen LogP contribution in [0, 0.1) is 0 Å². The van der Waals surface area contributed by atoms with Crippen molar-refractivity contribution in [2.75, 3.05) is 0 Å². The summed E-state index contributed by atoms with van der Waals surface area (Å²) in [7, 11) is 0. The summed E-state index contributed by atoms with van der Waals surface area (Å²) in [5, 5.41) is 8.53. The maximum Gasteiger partial charge on any atom is 0.449 e. The summed E-state index contributed by atoms with van der Waals surface area (Å²) in [6, 6.07) is 4.50. The fourth-order valence-electron chi connectivity index (χ4n) is 1.60. The summed E-state index contributed by atoms with van der Waals surface area (Å²) in [5.41, 5.74) is 1.12. The maximum atomic E-state index is 12.4. The third kappa shape index (κ3) is 2.61. The Labute approximate surface area is 99.5 Å². The molecule has 0 aliphatic rings. The third-order valence-corrected chi connectivity index (χ3v) is 2.44. The number of aryl methyl sites for hydroxylation is 1. The number of H-pyrrole nitrogens is 1. The summed E-state index contributed by atoms with van der Waals surface area (Å²) in [6.45, 7) is 0. The molecule has 0 radical (unpaired) electrons. The first-order chi connectivity index (χ1) is 8.36. The number of nitrogens with one attached hydrogen (secondary N) is 1.